The van der Waals surface area contributed by atoms with Gasteiger partial charge in [0, 0.05) is 38.1 Å². The summed E-state index contributed by atoms with van der Waals surface area (Å²) in [6.07, 6.45) is 0. The Hall–Kier alpha value is -1.47. The maximum absolute atomic E-state index is 11.3. The van der Waals surface area contributed by atoms with Gasteiger partial charge in [-0.3, -0.25) is 9.69 Å². The monoisotopic (exact) mass is 269 g/mol. The van der Waals surface area contributed by atoms with Gasteiger partial charge in [0.05, 0.1) is 10.7 Å². The molecule has 2 heterocycles. The number of thiazole rings is 1. The van der Waals surface area contributed by atoms with Gasteiger partial charge < -0.3 is 10.0 Å². The summed E-state index contributed by atoms with van der Waals surface area (Å²) in [5, 5.41) is 11.7. The minimum Gasteiger partial charge on any atom is -0.474 e. The molecule has 0 radical (unpaired) electrons. The summed E-state index contributed by atoms with van der Waals surface area (Å²) in [7, 11) is 0. The molecule has 1 aromatic rings. The average molecular weight is 269 g/mol. The predicted octanol–water partition coefficient (Wildman–Crippen LogP) is 0.180. The molecule has 1 N–H and O–H groups in total. The molecule has 1 aliphatic heterocycles. The Balaban J connectivity index is 1.83. The van der Waals surface area contributed by atoms with Crippen molar-refractivity contribution in [1.29, 1.82) is 0 Å². The van der Waals surface area contributed by atoms with Crippen molar-refractivity contribution in [3.05, 3.63) is 16.1 Å². The van der Waals surface area contributed by atoms with E-state index in [-0.39, 0.29) is 0 Å². The normalized spacial score (nSPS) is 16.8. The lowest BCUT2D eigenvalue weighted by atomic mass is 10.3. The number of aromatic nitrogens is 1. The molecule has 0 aromatic carbocycles. The highest BCUT2D eigenvalue weighted by atomic mass is 32.1. The van der Waals surface area contributed by atoms with Gasteiger partial charge in [-0.15, -0.1) is 11.3 Å². The fraction of sp³-hybridized carbons (Fsp3) is 0.545. The third-order valence-corrected chi connectivity index (χ3v) is 3.72. The molecule has 0 spiro atoms. The Morgan fingerprint density at radius 1 is 1.39 bits per heavy atom. The lowest BCUT2D eigenvalue weighted by molar-refractivity contribution is -0.156. The Morgan fingerprint density at radius 2 is 2.06 bits per heavy atom. The molecular formula is C11H15N3O3S. The zero-order valence-electron chi connectivity index (χ0n) is 10.1. The number of nitrogens with zero attached hydrogens (tertiary/aromatic N) is 3. The zero-order valence-corrected chi connectivity index (χ0v) is 10.9. The molecule has 0 saturated carbocycles. The summed E-state index contributed by atoms with van der Waals surface area (Å²) in [5.74, 6) is -2.18. The number of rotatable bonds is 2. The summed E-state index contributed by atoms with van der Waals surface area (Å²) >= 11 is 1.62. The van der Waals surface area contributed by atoms with Crippen LogP contribution in [0.25, 0.3) is 0 Å². The fourth-order valence-corrected chi connectivity index (χ4v) is 2.56. The second-order valence-electron chi connectivity index (χ2n) is 4.23. The number of hydrogen-bond acceptors (Lipinski definition) is 5. The summed E-state index contributed by atoms with van der Waals surface area (Å²) in [5.41, 5.74) is 1.04. The van der Waals surface area contributed by atoms with Crippen molar-refractivity contribution in [3.63, 3.8) is 0 Å². The predicted molar refractivity (Wildman–Crippen MR) is 66.3 cm³/mol. The first-order valence-electron chi connectivity index (χ1n) is 5.72. The van der Waals surface area contributed by atoms with E-state index in [1.807, 2.05) is 12.3 Å². The van der Waals surface area contributed by atoms with E-state index in [9.17, 15) is 9.59 Å². The number of piperazine rings is 1. The van der Waals surface area contributed by atoms with Crippen molar-refractivity contribution in [2.45, 2.75) is 13.5 Å². The quantitative estimate of drug-likeness (QED) is 0.775. The first-order valence-corrected chi connectivity index (χ1v) is 6.60. The lowest BCUT2D eigenvalue weighted by Crippen LogP contribution is -2.50. The van der Waals surface area contributed by atoms with Crippen LogP contribution in [0.2, 0.25) is 0 Å². The van der Waals surface area contributed by atoms with E-state index < -0.39 is 11.9 Å². The molecule has 1 fully saturated rings. The third-order valence-electron chi connectivity index (χ3n) is 2.89. The highest BCUT2D eigenvalue weighted by Gasteiger charge is 2.25. The largest absolute Gasteiger partial charge is 0.474 e. The zero-order chi connectivity index (χ0) is 13.1. The van der Waals surface area contributed by atoms with Crippen molar-refractivity contribution in [2.75, 3.05) is 26.2 Å². The molecule has 2 rings (SSSR count). The number of carbonyl (C=O) groups is 2. The van der Waals surface area contributed by atoms with Crippen LogP contribution in [0.4, 0.5) is 0 Å². The maximum atomic E-state index is 11.3. The first kappa shape index (κ1) is 13.0. The van der Waals surface area contributed by atoms with Crippen LogP contribution in [0.5, 0.6) is 0 Å². The van der Waals surface area contributed by atoms with Crippen molar-refractivity contribution in [3.8, 4) is 0 Å². The van der Waals surface area contributed by atoms with Crippen LogP contribution < -0.4 is 0 Å². The topological polar surface area (TPSA) is 73.7 Å². The van der Waals surface area contributed by atoms with Gasteiger partial charge in [-0.1, -0.05) is 0 Å². The van der Waals surface area contributed by atoms with Crippen molar-refractivity contribution in [2.24, 2.45) is 0 Å². The van der Waals surface area contributed by atoms with Gasteiger partial charge in [0.25, 0.3) is 0 Å². The number of carboxylic acids is 1. The molecule has 0 aliphatic carbocycles. The summed E-state index contributed by atoms with van der Waals surface area (Å²) < 4.78 is 0. The molecule has 98 valence electrons. The summed E-state index contributed by atoms with van der Waals surface area (Å²) in [6, 6.07) is 0. The van der Waals surface area contributed by atoms with Gasteiger partial charge in [-0.2, -0.15) is 0 Å². The SMILES string of the molecule is Cc1nc(CN2CCN(C(=O)C(=O)O)CC2)cs1. The number of hydrogen-bond donors (Lipinski definition) is 1. The second-order valence-corrected chi connectivity index (χ2v) is 5.29. The molecule has 1 aromatic heterocycles. The van der Waals surface area contributed by atoms with Crippen molar-refractivity contribution in [1.82, 2.24) is 14.8 Å². The Labute approximate surface area is 109 Å². The number of carboxylic acid groups (broad SMARTS) is 1. The van der Waals surface area contributed by atoms with Gasteiger partial charge in [-0.05, 0) is 6.92 Å². The standard InChI is InChI=1S/C11H15N3O3S/c1-8-12-9(7-18-8)6-13-2-4-14(5-3-13)10(15)11(16)17/h7H,2-6H2,1H3,(H,16,17). The second kappa shape index (κ2) is 5.45. The van der Waals surface area contributed by atoms with Crippen LogP contribution in [0.1, 0.15) is 10.7 Å². The van der Waals surface area contributed by atoms with E-state index in [4.69, 9.17) is 5.11 Å². The van der Waals surface area contributed by atoms with Gasteiger partial charge in [0.1, 0.15) is 0 Å². The Morgan fingerprint density at radius 3 is 2.56 bits per heavy atom. The minimum atomic E-state index is -1.38. The van der Waals surface area contributed by atoms with Crippen molar-refractivity contribution >= 4 is 23.2 Å². The number of carbonyl (C=O) groups excluding carboxylic acids is 1. The van der Waals surface area contributed by atoms with E-state index in [0.29, 0.717) is 26.2 Å². The molecule has 18 heavy (non-hydrogen) atoms. The molecule has 0 unspecified atom stereocenters. The van der Waals surface area contributed by atoms with Crippen LogP contribution in [0, 0.1) is 6.92 Å². The lowest BCUT2D eigenvalue weighted by Gasteiger charge is -2.33. The summed E-state index contributed by atoms with van der Waals surface area (Å²) in [4.78, 5) is 29.8. The van der Waals surface area contributed by atoms with E-state index in [0.717, 1.165) is 17.2 Å². The Kier molecular flexibility index (Phi) is 3.93. The molecule has 1 saturated heterocycles. The molecule has 0 atom stereocenters. The molecular weight excluding hydrogens is 254 g/mol. The minimum absolute atomic E-state index is 0.467. The third kappa shape index (κ3) is 3.05. The van der Waals surface area contributed by atoms with E-state index in [1.54, 1.807) is 11.3 Å². The van der Waals surface area contributed by atoms with Gasteiger partial charge in [0.2, 0.25) is 0 Å². The average Bonchev–Trinajstić information content (AvgIpc) is 2.75. The number of amides is 1. The summed E-state index contributed by atoms with van der Waals surface area (Å²) in [6.45, 7) is 5.05. The maximum Gasteiger partial charge on any atom is 0.394 e. The van der Waals surface area contributed by atoms with Crippen molar-refractivity contribution < 1.29 is 14.7 Å². The molecule has 1 aliphatic rings. The highest BCUT2D eigenvalue weighted by molar-refractivity contribution is 7.09. The Bertz CT molecular complexity index is 452. The van der Waals surface area contributed by atoms with Crippen LogP contribution in [-0.2, 0) is 16.1 Å². The van der Waals surface area contributed by atoms with Crippen LogP contribution >= 0.6 is 11.3 Å². The molecule has 7 heteroatoms. The fourth-order valence-electron chi connectivity index (χ4n) is 1.95. The number of aryl methyl sites for hydroxylation is 1. The van der Waals surface area contributed by atoms with E-state index in [1.165, 1.54) is 4.90 Å². The molecule has 0 bridgehead atoms. The molecule has 6 nitrogen and oxygen atoms in total. The van der Waals surface area contributed by atoms with Gasteiger partial charge >= 0.3 is 11.9 Å². The van der Waals surface area contributed by atoms with Crippen LogP contribution in [0.3, 0.4) is 0 Å². The van der Waals surface area contributed by atoms with Crippen LogP contribution in [0.15, 0.2) is 5.38 Å². The van der Waals surface area contributed by atoms with Gasteiger partial charge in [0.15, 0.2) is 0 Å². The first-order chi connectivity index (χ1) is 8.56. The highest BCUT2D eigenvalue weighted by Crippen LogP contribution is 2.12. The van der Waals surface area contributed by atoms with E-state index in [2.05, 4.69) is 9.88 Å². The van der Waals surface area contributed by atoms with Gasteiger partial charge in [-0.25, -0.2) is 9.78 Å². The van der Waals surface area contributed by atoms with E-state index >= 15 is 0 Å². The smallest absolute Gasteiger partial charge is 0.394 e. The molecule has 1 amide bonds. The van der Waals surface area contributed by atoms with Crippen LogP contribution in [-0.4, -0.2) is 57.9 Å². The number of aliphatic carboxylic acids is 1.